The minimum Gasteiger partial charge on any atom is -0.468 e. The molecule has 3 heteroatoms. The first kappa shape index (κ1) is 10.7. The van der Waals surface area contributed by atoms with Gasteiger partial charge in [-0.1, -0.05) is 0 Å². The van der Waals surface area contributed by atoms with Crippen molar-refractivity contribution in [3.63, 3.8) is 0 Å². The summed E-state index contributed by atoms with van der Waals surface area (Å²) >= 11 is 0. The number of nitrogens with one attached hydrogen (secondary N) is 1. The van der Waals surface area contributed by atoms with Crippen LogP contribution in [0.15, 0.2) is 22.8 Å². The third-order valence-electron chi connectivity index (χ3n) is 3.05. The predicted octanol–water partition coefficient (Wildman–Crippen LogP) is 2.03. The largest absolute Gasteiger partial charge is 0.468 e. The predicted molar refractivity (Wildman–Crippen MR) is 60.8 cm³/mol. The standard InChI is InChI=1S/C12H20N2O/c1-11(12-5-4-10-15-12)13-6-9-14-7-2-3-8-14/h4-5,10-11,13H,2-3,6-9H2,1H3/t11-/m1/s1. The van der Waals surface area contributed by atoms with Gasteiger partial charge in [-0.15, -0.1) is 0 Å². The van der Waals surface area contributed by atoms with Crippen LogP contribution in [0.2, 0.25) is 0 Å². The normalized spacial score (nSPS) is 19.5. The molecule has 84 valence electrons. The van der Waals surface area contributed by atoms with Gasteiger partial charge in [-0.25, -0.2) is 0 Å². The number of likely N-dealkylation sites (tertiary alicyclic amines) is 1. The molecule has 0 amide bonds. The minimum absolute atomic E-state index is 0.322. The second-order valence-corrected chi connectivity index (χ2v) is 4.24. The summed E-state index contributed by atoms with van der Waals surface area (Å²) in [6.45, 7) is 6.89. The van der Waals surface area contributed by atoms with Gasteiger partial charge in [-0.2, -0.15) is 0 Å². The summed E-state index contributed by atoms with van der Waals surface area (Å²) in [4.78, 5) is 2.52. The Labute approximate surface area is 91.4 Å². The maximum atomic E-state index is 5.34. The molecule has 1 aliphatic rings. The lowest BCUT2D eigenvalue weighted by Gasteiger charge is -2.17. The lowest BCUT2D eigenvalue weighted by molar-refractivity contribution is 0.323. The highest BCUT2D eigenvalue weighted by Crippen LogP contribution is 2.12. The number of rotatable bonds is 5. The number of nitrogens with zero attached hydrogens (tertiary/aromatic N) is 1. The van der Waals surface area contributed by atoms with Crippen molar-refractivity contribution in [2.75, 3.05) is 26.2 Å². The Balaban J connectivity index is 1.65. The average molecular weight is 208 g/mol. The molecule has 2 heterocycles. The molecule has 1 aliphatic heterocycles. The van der Waals surface area contributed by atoms with Crippen molar-refractivity contribution >= 4 is 0 Å². The van der Waals surface area contributed by atoms with Gasteiger partial charge in [-0.05, 0) is 45.0 Å². The molecule has 15 heavy (non-hydrogen) atoms. The number of furan rings is 1. The Kier molecular flexibility index (Phi) is 3.80. The molecule has 0 aliphatic carbocycles. The number of hydrogen-bond acceptors (Lipinski definition) is 3. The summed E-state index contributed by atoms with van der Waals surface area (Å²) in [7, 11) is 0. The molecule has 1 fully saturated rings. The molecule has 2 rings (SSSR count). The van der Waals surface area contributed by atoms with Crippen molar-refractivity contribution in [2.45, 2.75) is 25.8 Å². The smallest absolute Gasteiger partial charge is 0.120 e. The quantitative estimate of drug-likeness (QED) is 0.802. The molecule has 0 spiro atoms. The zero-order chi connectivity index (χ0) is 10.5. The molecule has 0 aromatic carbocycles. The van der Waals surface area contributed by atoms with Crippen LogP contribution >= 0.6 is 0 Å². The van der Waals surface area contributed by atoms with Gasteiger partial charge in [0, 0.05) is 13.1 Å². The van der Waals surface area contributed by atoms with Crippen LogP contribution < -0.4 is 5.32 Å². The molecule has 1 N–H and O–H groups in total. The molecule has 0 unspecified atom stereocenters. The second-order valence-electron chi connectivity index (χ2n) is 4.24. The molecule has 1 aromatic heterocycles. The highest BCUT2D eigenvalue weighted by atomic mass is 16.3. The van der Waals surface area contributed by atoms with Crippen LogP contribution in [0, 0.1) is 0 Å². The van der Waals surface area contributed by atoms with Gasteiger partial charge in [0.2, 0.25) is 0 Å². The minimum atomic E-state index is 0.322. The fraction of sp³-hybridized carbons (Fsp3) is 0.667. The highest BCUT2D eigenvalue weighted by molar-refractivity contribution is 5.02. The van der Waals surface area contributed by atoms with Crippen LogP contribution in [0.1, 0.15) is 31.6 Å². The zero-order valence-electron chi connectivity index (χ0n) is 9.41. The van der Waals surface area contributed by atoms with Crippen molar-refractivity contribution in [1.29, 1.82) is 0 Å². The van der Waals surface area contributed by atoms with E-state index < -0.39 is 0 Å². The van der Waals surface area contributed by atoms with Crippen molar-refractivity contribution in [2.24, 2.45) is 0 Å². The number of hydrogen-bond donors (Lipinski definition) is 1. The highest BCUT2D eigenvalue weighted by Gasteiger charge is 2.12. The van der Waals surface area contributed by atoms with E-state index in [9.17, 15) is 0 Å². The average Bonchev–Trinajstić information content (AvgIpc) is 2.90. The van der Waals surface area contributed by atoms with Gasteiger partial charge in [-0.3, -0.25) is 0 Å². The Morgan fingerprint density at radius 3 is 2.93 bits per heavy atom. The van der Waals surface area contributed by atoms with E-state index in [0.29, 0.717) is 6.04 Å². The first-order chi connectivity index (χ1) is 7.36. The maximum Gasteiger partial charge on any atom is 0.120 e. The third kappa shape index (κ3) is 3.08. The Morgan fingerprint density at radius 1 is 1.47 bits per heavy atom. The first-order valence-electron chi connectivity index (χ1n) is 5.85. The van der Waals surface area contributed by atoms with E-state index >= 15 is 0 Å². The molecule has 1 atom stereocenters. The summed E-state index contributed by atoms with van der Waals surface area (Å²) in [6.07, 6.45) is 4.47. The fourth-order valence-electron chi connectivity index (χ4n) is 2.08. The van der Waals surface area contributed by atoms with E-state index in [4.69, 9.17) is 4.42 Å². The van der Waals surface area contributed by atoms with Crippen LogP contribution in [0.5, 0.6) is 0 Å². The van der Waals surface area contributed by atoms with Crippen molar-refractivity contribution in [3.8, 4) is 0 Å². The Morgan fingerprint density at radius 2 is 2.27 bits per heavy atom. The van der Waals surface area contributed by atoms with E-state index in [1.807, 2.05) is 12.1 Å². The molecule has 1 saturated heterocycles. The van der Waals surface area contributed by atoms with E-state index in [1.54, 1.807) is 6.26 Å². The van der Waals surface area contributed by atoms with Crippen LogP contribution in [0.25, 0.3) is 0 Å². The Bertz CT molecular complexity index is 265. The molecule has 0 bridgehead atoms. The molecular weight excluding hydrogens is 188 g/mol. The van der Waals surface area contributed by atoms with E-state index in [-0.39, 0.29) is 0 Å². The van der Waals surface area contributed by atoms with Gasteiger partial charge < -0.3 is 14.6 Å². The summed E-state index contributed by atoms with van der Waals surface area (Å²) in [5.74, 6) is 1.02. The maximum absolute atomic E-state index is 5.34. The SMILES string of the molecule is C[C@@H](NCCN1CCCC1)c1ccco1. The summed E-state index contributed by atoms with van der Waals surface area (Å²) in [5, 5.41) is 3.48. The molecule has 1 aromatic rings. The second kappa shape index (κ2) is 5.33. The van der Waals surface area contributed by atoms with Gasteiger partial charge >= 0.3 is 0 Å². The topological polar surface area (TPSA) is 28.4 Å². The van der Waals surface area contributed by atoms with Gasteiger partial charge in [0.25, 0.3) is 0 Å². The first-order valence-corrected chi connectivity index (χ1v) is 5.85. The summed E-state index contributed by atoms with van der Waals surface area (Å²) in [5.41, 5.74) is 0. The third-order valence-corrected chi connectivity index (χ3v) is 3.05. The van der Waals surface area contributed by atoms with E-state index in [0.717, 1.165) is 18.8 Å². The molecule has 0 saturated carbocycles. The zero-order valence-corrected chi connectivity index (χ0v) is 9.41. The molecule has 0 radical (unpaired) electrons. The van der Waals surface area contributed by atoms with Gasteiger partial charge in [0.05, 0.1) is 12.3 Å². The van der Waals surface area contributed by atoms with Crippen LogP contribution in [-0.4, -0.2) is 31.1 Å². The van der Waals surface area contributed by atoms with Crippen molar-refractivity contribution < 1.29 is 4.42 Å². The van der Waals surface area contributed by atoms with Crippen LogP contribution in [-0.2, 0) is 0 Å². The summed E-state index contributed by atoms with van der Waals surface area (Å²) < 4.78 is 5.34. The van der Waals surface area contributed by atoms with Crippen LogP contribution in [0.3, 0.4) is 0 Å². The van der Waals surface area contributed by atoms with Crippen molar-refractivity contribution in [3.05, 3.63) is 24.2 Å². The van der Waals surface area contributed by atoms with Gasteiger partial charge in [0.1, 0.15) is 5.76 Å². The summed E-state index contributed by atoms with van der Waals surface area (Å²) in [6, 6.07) is 4.28. The molecule has 3 nitrogen and oxygen atoms in total. The van der Waals surface area contributed by atoms with E-state index in [1.165, 1.54) is 25.9 Å². The Hall–Kier alpha value is -0.800. The van der Waals surface area contributed by atoms with Gasteiger partial charge in [0.15, 0.2) is 0 Å². The van der Waals surface area contributed by atoms with Crippen LogP contribution in [0.4, 0.5) is 0 Å². The molecular formula is C12H20N2O. The van der Waals surface area contributed by atoms with Crippen molar-refractivity contribution in [1.82, 2.24) is 10.2 Å². The lowest BCUT2D eigenvalue weighted by Crippen LogP contribution is -2.31. The lowest BCUT2D eigenvalue weighted by atomic mass is 10.2. The van der Waals surface area contributed by atoms with E-state index in [2.05, 4.69) is 17.1 Å². The fourth-order valence-corrected chi connectivity index (χ4v) is 2.08. The monoisotopic (exact) mass is 208 g/mol.